The molecule has 1 aromatic rings. The highest BCUT2D eigenvalue weighted by Crippen LogP contribution is 2.27. The van der Waals surface area contributed by atoms with Gasteiger partial charge in [0.15, 0.2) is 0 Å². The first kappa shape index (κ1) is 14.3. The number of hydrogen-bond acceptors (Lipinski definition) is 5. The summed E-state index contributed by atoms with van der Waals surface area (Å²) in [4.78, 5) is 23.9. The van der Waals surface area contributed by atoms with Crippen LogP contribution in [-0.4, -0.2) is 50.3 Å². The highest BCUT2D eigenvalue weighted by molar-refractivity contribution is 5.83. The van der Waals surface area contributed by atoms with Gasteiger partial charge in [0, 0.05) is 19.5 Å². The molecule has 1 heterocycles. The number of hydrogen-bond donors (Lipinski definition) is 4. The maximum absolute atomic E-state index is 11.2. The molecule has 5 N–H and O–H groups in total. The second-order valence-electron chi connectivity index (χ2n) is 5.09. The summed E-state index contributed by atoms with van der Waals surface area (Å²) in [5.74, 6) is -2.17. The van der Waals surface area contributed by atoms with Crippen molar-refractivity contribution in [3.63, 3.8) is 0 Å². The fourth-order valence-corrected chi connectivity index (χ4v) is 2.41. The predicted molar refractivity (Wildman–Crippen MR) is 69.1 cm³/mol. The number of likely N-dealkylation sites (tertiary alicyclic amines) is 1. The number of phenols is 1. The van der Waals surface area contributed by atoms with E-state index in [1.54, 1.807) is 12.1 Å². The van der Waals surface area contributed by atoms with E-state index in [9.17, 15) is 19.8 Å². The number of aromatic hydroxyl groups is 1. The van der Waals surface area contributed by atoms with E-state index in [4.69, 9.17) is 10.8 Å². The first-order chi connectivity index (χ1) is 9.32. The molecule has 20 heavy (non-hydrogen) atoms. The van der Waals surface area contributed by atoms with E-state index < -0.39 is 23.5 Å². The average Bonchev–Trinajstić information content (AvgIpc) is 2.71. The van der Waals surface area contributed by atoms with Gasteiger partial charge >= 0.3 is 11.9 Å². The van der Waals surface area contributed by atoms with Crippen LogP contribution in [0, 0.1) is 0 Å². The van der Waals surface area contributed by atoms with Crippen molar-refractivity contribution in [2.75, 3.05) is 6.54 Å². The van der Waals surface area contributed by atoms with E-state index in [1.807, 2.05) is 0 Å². The van der Waals surface area contributed by atoms with Crippen molar-refractivity contribution in [2.45, 2.75) is 24.5 Å². The summed E-state index contributed by atoms with van der Waals surface area (Å²) in [5.41, 5.74) is 4.99. The van der Waals surface area contributed by atoms with Crippen LogP contribution in [0.25, 0.3) is 0 Å². The quantitative estimate of drug-likeness (QED) is 0.603. The van der Waals surface area contributed by atoms with Gasteiger partial charge in [-0.25, -0.2) is 0 Å². The number of carboxylic acid groups (broad SMARTS) is 2. The Morgan fingerprint density at radius 2 is 1.90 bits per heavy atom. The molecular formula is C13H16N2O5. The summed E-state index contributed by atoms with van der Waals surface area (Å²) < 4.78 is 0. The molecular weight excluding hydrogens is 264 g/mol. The second-order valence-corrected chi connectivity index (χ2v) is 5.09. The minimum absolute atomic E-state index is 0.0276. The molecule has 1 saturated heterocycles. The van der Waals surface area contributed by atoms with Gasteiger partial charge in [-0.1, -0.05) is 12.1 Å². The third kappa shape index (κ3) is 2.73. The molecule has 0 bridgehead atoms. The van der Waals surface area contributed by atoms with Crippen molar-refractivity contribution in [1.29, 1.82) is 0 Å². The van der Waals surface area contributed by atoms with Gasteiger partial charge in [0.25, 0.3) is 0 Å². The smallest absolute Gasteiger partial charge is 0.325 e. The Hall–Kier alpha value is -2.12. The molecule has 2 rings (SSSR count). The number of phenolic OH excluding ortho intramolecular Hbond substituents is 1. The largest absolute Gasteiger partial charge is 0.508 e. The maximum atomic E-state index is 11.2. The zero-order valence-corrected chi connectivity index (χ0v) is 10.7. The number of carbonyl (C=O) groups is 2. The van der Waals surface area contributed by atoms with E-state index in [0.29, 0.717) is 0 Å². The Labute approximate surface area is 115 Å². The number of aliphatic carboxylic acids is 2. The summed E-state index contributed by atoms with van der Waals surface area (Å²) in [7, 11) is 0. The first-order valence-corrected chi connectivity index (χ1v) is 6.09. The molecule has 0 aliphatic carbocycles. The van der Waals surface area contributed by atoms with Gasteiger partial charge in [0.2, 0.25) is 0 Å². The summed E-state index contributed by atoms with van der Waals surface area (Å²) >= 11 is 0. The minimum Gasteiger partial charge on any atom is -0.508 e. The van der Waals surface area contributed by atoms with Gasteiger partial charge in [-0.3, -0.25) is 14.5 Å². The SMILES string of the molecule is N[C@]1(C(=O)O)C[C@H](C(=O)O)N(Cc2ccc(O)cc2)C1. The van der Waals surface area contributed by atoms with Crippen LogP contribution >= 0.6 is 0 Å². The van der Waals surface area contributed by atoms with Crippen LogP contribution in [0.1, 0.15) is 12.0 Å². The zero-order chi connectivity index (χ0) is 14.9. The minimum atomic E-state index is -1.54. The number of nitrogens with zero attached hydrogens (tertiary/aromatic N) is 1. The highest BCUT2D eigenvalue weighted by atomic mass is 16.4. The lowest BCUT2D eigenvalue weighted by Crippen LogP contribution is -2.50. The van der Waals surface area contributed by atoms with E-state index in [1.165, 1.54) is 17.0 Å². The van der Waals surface area contributed by atoms with Crippen molar-refractivity contribution in [2.24, 2.45) is 5.73 Å². The van der Waals surface area contributed by atoms with E-state index >= 15 is 0 Å². The fourth-order valence-electron chi connectivity index (χ4n) is 2.41. The van der Waals surface area contributed by atoms with Crippen LogP contribution in [0.3, 0.4) is 0 Å². The molecule has 0 saturated carbocycles. The number of nitrogens with two attached hydrogens (primary N) is 1. The lowest BCUT2D eigenvalue weighted by atomic mass is 9.98. The summed E-state index contributed by atoms with van der Waals surface area (Å²) in [5, 5.41) is 27.5. The van der Waals surface area contributed by atoms with Crippen molar-refractivity contribution in [1.82, 2.24) is 4.90 Å². The van der Waals surface area contributed by atoms with Gasteiger partial charge in [-0.15, -0.1) is 0 Å². The number of rotatable bonds is 4. The van der Waals surface area contributed by atoms with Crippen LogP contribution in [0.4, 0.5) is 0 Å². The van der Waals surface area contributed by atoms with Crippen LogP contribution in [0.2, 0.25) is 0 Å². The summed E-state index contributed by atoms with van der Waals surface area (Å²) in [6.45, 7) is 0.240. The van der Waals surface area contributed by atoms with Crippen molar-refractivity contribution >= 4 is 11.9 Å². The van der Waals surface area contributed by atoms with Crippen LogP contribution in [-0.2, 0) is 16.1 Å². The summed E-state index contributed by atoms with van der Waals surface area (Å²) in [6.07, 6.45) is -0.129. The van der Waals surface area contributed by atoms with Gasteiger partial charge < -0.3 is 21.1 Å². The molecule has 2 atom stereocenters. The molecule has 1 aromatic carbocycles. The molecule has 1 aliphatic heterocycles. The molecule has 1 fully saturated rings. The molecule has 0 unspecified atom stereocenters. The molecule has 0 aromatic heterocycles. The summed E-state index contributed by atoms with van der Waals surface area (Å²) in [6, 6.07) is 5.38. The third-order valence-corrected chi connectivity index (χ3v) is 3.52. The average molecular weight is 280 g/mol. The van der Waals surface area contributed by atoms with Crippen molar-refractivity contribution in [3.05, 3.63) is 29.8 Å². The molecule has 7 heteroatoms. The van der Waals surface area contributed by atoms with E-state index in [2.05, 4.69) is 0 Å². The Morgan fingerprint density at radius 1 is 1.30 bits per heavy atom. The van der Waals surface area contributed by atoms with Crippen molar-refractivity contribution in [3.8, 4) is 5.75 Å². The standard InChI is InChI=1S/C13H16N2O5/c14-13(12(19)20)5-10(11(17)18)15(7-13)6-8-1-3-9(16)4-2-8/h1-4,10,16H,5-7,14H2,(H,17,18)(H,19,20)/t10-,13-/m1/s1. The third-order valence-electron chi connectivity index (χ3n) is 3.52. The molecule has 1 aliphatic rings. The van der Waals surface area contributed by atoms with Crippen LogP contribution in [0.5, 0.6) is 5.75 Å². The Bertz CT molecular complexity index is 530. The Morgan fingerprint density at radius 3 is 2.40 bits per heavy atom. The number of benzene rings is 1. The second kappa shape index (κ2) is 5.10. The van der Waals surface area contributed by atoms with Crippen LogP contribution < -0.4 is 5.73 Å². The molecule has 7 nitrogen and oxygen atoms in total. The first-order valence-electron chi connectivity index (χ1n) is 6.09. The van der Waals surface area contributed by atoms with Gasteiger partial charge in [0.1, 0.15) is 17.3 Å². The van der Waals surface area contributed by atoms with E-state index in [0.717, 1.165) is 5.56 Å². The van der Waals surface area contributed by atoms with Gasteiger partial charge in [0.05, 0.1) is 0 Å². The number of carboxylic acids is 2. The molecule has 0 amide bonds. The Kier molecular flexibility index (Phi) is 3.65. The topological polar surface area (TPSA) is 124 Å². The monoisotopic (exact) mass is 280 g/mol. The van der Waals surface area contributed by atoms with Gasteiger partial charge in [-0.05, 0) is 17.7 Å². The van der Waals surface area contributed by atoms with E-state index in [-0.39, 0.29) is 25.3 Å². The van der Waals surface area contributed by atoms with Crippen LogP contribution in [0.15, 0.2) is 24.3 Å². The zero-order valence-electron chi connectivity index (χ0n) is 10.7. The van der Waals surface area contributed by atoms with Gasteiger partial charge in [-0.2, -0.15) is 0 Å². The Balaban J connectivity index is 2.18. The maximum Gasteiger partial charge on any atom is 0.325 e. The highest BCUT2D eigenvalue weighted by Gasteiger charge is 2.49. The van der Waals surface area contributed by atoms with Crippen molar-refractivity contribution < 1.29 is 24.9 Å². The normalized spacial score (nSPS) is 26.6. The molecule has 0 radical (unpaired) electrons. The molecule has 0 spiro atoms. The lowest BCUT2D eigenvalue weighted by molar-refractivity contribution is -0.142. The molecule has 108 valence electrons. The fraction of sp³-hybridized carbons (Fsp3) is 0.385. The predicted octanol–water partition coefficient (Wildman–Crippen LogP) is -0.167. The lowest BCUT2D eigenvalue weighted by Gasteiger charge is -2.21.